The zero-order valence-corrected chi connectivity index (χ0v) is 10.0. The smallest absolute Gasteiger partial charge is 0.123 e. The minimum absolute atomic E-state index is 0.657. The number of nitrogens with zero attached hydrogens (tertiary/aromatic N) is 1. The normalized spacial score (nSPS) is 10.2. The van der Waals surface area contributed by atoms with E-state index < -0.39 is 0 Å². The van der Waals surface area contributed by atoms with Gasteiger partial charge in [0.15, 0.2) is 0 Å². The maximum Gasteiger partial charge on any atom is 0.123 e. The zero-order chi connectivity index (χ0) is 11.9. The minimum atomic E-state index is 0.657. The number of ether oxygens (including phenoxy) is 2. The van der Waals surface area contributed by atoms with Gasteiger partial charge in [0, 0.05) is 18.5 Å². The second-order valence-corrected chi connectivity index (χ2v) is 3.68. The number of hydrogen-bond acceptors (Lipinski definition) is 2. The first-order chi connectivity index (χ1) is 8.38. The first-order valence-corrected chi connectivity index (χ1v) is 5.85. The van der Waals surface area contributed by atoms with Gasteiger partial charge in [0.25, 0.3) is 0 Å². The highest BCUT2D eigenvalue weighted by Crippen LogP contribution is 2.19. The summed E-state index contributed by atoms with van der Waals surface area (Å²) in [6.45, 7) is 4.16. The van der Waals surface area contributed by atoms with Crippen molar-refractivity contribution in [1.29, 1.82) is 0 Å². The molecule has 0 aliphatic carbocycles. The first-order valence-electron chi connectivity index (χ1n) is 5.85. The summed E-state index contributed by atoms with van der Waals surface area (Å²) in [7, 11) is 0. The first kappa shape index (κ1) is 11.6. The Bertz CT molecular complexity index is 437. The highest BCUT2D eigenvalue weighted by molar-refractivity contribution is 5.32. The van der Waals surface area contributed by atoms with Crippen LogP contribution in [0.5, 0.6) is 11.5 Å². The van der Waals surface area contributed by atoms with Gasteiger partial charge in [-0.15, -0.1) is 0 Å². The Labute approximate surface area is 102 Å². The van der Waals surface area contributed by atoms with Crippen LogP contribution in [0.3, 0.4) is 0 Å². The second kappa shape index (κ2) is 5.99. The summed E-state index contributed by atoms with van der Waals surface area (Å²) in [4.78, 5) is 0. The molecule has 1 aromatic heterocycles. The molecule has 0 bridgehead atoms. The lowest BCUT2D eigenvalue weighted by Crippen LogP contribution is -2.06. The van der Waals surface area contributed by atoms with E-state index in [1.165, 1.54) is 0 Å². The molecule has 0 aliphatic rings. The Kier molecular flexibility index (Phi) is 4.08. The molecule has 3 heteroatoms. The third-order valence-electron chi connectivity index (χ3n) is 2.40. The van der Waals surface area contributed by atoms with E-state index in [0.29, 0.717) is 13.2 Å². The largest absolute Gasteiger partial charge is 0.494 e. The van der Waals surface area contributed by atoms with Crippen molar-refractivity contribution in [2.75, 3.05) is 13.2 Å². The van der Waals surface area contributed by atoms with Crippen LogP contribution in [0.15, 0.2) is 48.8 Å². The summed E-state index contributed by atoms with van der Waals surface area (Å²) < 4.78 is 13.2. The molecule has 2 rings (SSSR count). The Hall–Kier alpha value is -1.90. The highest BCUT2D eigenvalue weighted by atomic mass is 16.5. The summed E-state index contributed by atoms with van der Waals surface area (Å²) in [5.41, 5.74) is 0. The van der Waals surface area contributed by atoms with Crippen LogP contribution < -0.4 is 9.47 Å². The summed E-state index contributed by atoms with van der Waals surface area (Å²) in [6.07, 6.45) is 4.06. The zero-order valence-electron chi connectivity index (χ0n) is 10.0. The van der Waals surface area contributed by atoms with Crippen molar-refractivity contribution in [3.63, 3.8) is 0 Å². The van der Waals surface area contributed by atoms with Crippen LogP contribution in [0.4, 0.5) is 0 Å². The molecule has 90 valence electrons. The molecule has 17 heavy (non-hydrogen) atoms. The lowest BCUT2D eigenvalue weighted by atomic mass is 10.3. The number of rotatable bonds is 6. The molecule has 1 heterocycles. The summed E-state index contributed by atoms with van der Waals surface area (Å²) in [5.74, 6) is 1.70. The lowest BCUT2D eigenvalue weighted by molar-refractivity contribution is 0.293. The van der Waals surface area contributed by atoms with Crippen molar-refractivity contribution < 1.29 is 9.47 Å². The molecule has 3 nitrogen and oxygen atoms in total. The average Bonchev–Trinajstić information content (AvgIpc) is 2.83. The van der Waals surface area contributed by atoms with E-state index in [1.807, 2.05) is 55.7 Å². The molecule has 0 saturated carbocycles. The van der Waals surface area contributed by atoms with Crippen LogP contribution in [-0.4, -0.2) is 17.8 Å². The fraction of sp³-hybridized carbons (Fsp3) is 0.286. The molecule has 0 saturated heterocycles. The summed E-state index contributed by atoms with van der Waals surface area (Å²) in [6, 6.07) is 11.8. The van der Waals surface area contributed by atoms with Crippen molar-refractivity contribution in [3.05, 3.63) is 48.8 Å². The SMILES string of the molecule is CCOc1cccc(OCCn2cccc2)c1. The number of hydrogen-bond donors (Lipinski definition) is 0. The molecular weight excluding hydrogens is 214 g/mol. The maximum atomic E-state index is 5.67. The van der Waals surface area contributed by atoms with Crippen LogP contribution in [0.25, 0.3) is 0 Å². The molecule has 0 aliphatic heterocycles. The molecule has 0 N–H and O–H groups in total. The van der Waals surface area contributed by atoms with Gasteiger partial charge in [-0.3, -0.25) is 0 Å². The molecule has 2 aromatic rings. The van der Waals surface area contributed by atoms with E-state index >= 15 is 0 Å². The standard InChI is InChI=1S/C14H17NO2/c1-2-16-13-6-5-7-14(12-13)17-11-10-15-8-3-4-9-15/h3-9,12H,2,10-11H2,1H3. The predicted octanol–water partition coefficient (Wildman–Crippen LogP) is 2.97. The topological polar surface area (TPSA) is 23.4 Å². The van der Waals surface area contributed by atoms with Crippen LogP contribution in [-0.2, 0) is 6.54 Å². The van der Waals surface area contributed by atoms with E-state index in [0.717, 1.165) is 18.0 Å². The van der Waals surface area contributed by atoms with E-state index in [1.54, 1.807) is 0 Å². The van der Waals surface area contributed by atoms with Crippen LogP contribution in [0.2, 0.25) is 0 Å². The molecule has 0 radical (unpaired) electrons. The van der Waals surface area contributed by atoms with Crippen molar-refractivity contribution in [1.82, 2.24) is 4.57 Å². The van der Waals surface area contributed by atoms with Gasteiger partial charge in [0.1, 0.15) is 18.1 Å². The Morgan fingerprint density at radius 3 is 2.41 bits per heavy atom. The third kappa shape index (κ3) is 3.55. The molecular formula is C14H17NO2. The molecule has 0 unspecified atom stereocenters. The fourth-order valence-corrected chi connectivity index (χ4v) is 1.61. The van der Waals surface area contributed by atoms with Gasteiger partial charge in [-0.05, 0) is 31.2 Å². The molecule has 0 fully saturated rings. The van der Waals surface area contributed by atoms with E-state index in [-0.39, 0.29) is 0 Å². The van der Waals surface area contributed by atoms with Gasteiger partial charge >= 0.3 is 0 Å². The van der Waals surface area contributed by atoms with Gasteiger partial charge in [-0.25, -0.2) is 0 Å². The molecule has 0 amide bonds. The fourth-order valence-electron chi connectivity index (χ4n) is 1.61. The van der Waals surface area contributed by atoms with E-state index in [9.17, 15) is 0 Å². The van der Waals surface area contributed by atoms with Gasteiger partial charge in [0.2, 0.25) is 0 Å². The van der Waals surface area contributed by atoms with Gasteiger partial charge < -0.3 is 14.0 Å². The van der Waals surface area contributed by atoms with Crippen LogP contribution in [0, 0.1) is 0 Å². The Morgan fingerprint density at radius 2 is 1.71 bits per heavy atom. The monoisotopic (exact) mass is 231 g/mol. The Balaban J connectivity index is 1.84. The minimum Gasteiger partial charge on any atom is -0.494 e. The predicted molar refractivity (Wildman–Crippen MR) is 67.5 cm³/mol. The van der Waals surface area contributed by atoms with Gasteiger partial charge in [-0.2, -0.15) is 0 Å². The quantitative estimate of drug-likeness (QED) is 0.763. The maximum absolute atomic E-state index is 5.67. The second-order valence-electron chi connectivity index (χ2n) is 3.68. The van der Waals surface area contributed by atoms with Crippen LogP contribution in [0.1, 0.15) is 6.92 Å². The average molecular weight is 231 g/mol. The van der Waals surface area contributed by atoms with Crippen molar-refractivity contribution in [2.24, 2.45) is 0 Å². The molecule has 0 spiro atoms. The van der Waals surface area contributed by atoms with Crippen molar-refractivity contribution in [2.45, 2.75) is 13.5 Å². The van der Waals surface area contributed by atoms with Crippen LogP contribution >= 0.6 is 0 Å². The summed E-state index contributed by atoms with van der Waals surface area (Å²) in [5, 5.41) is 0. The van der Waals surface area contributed by atoms with E-state index in [2.05, 4.69) is 4.57 Å². The third-order valence-corrected chi connectivity index (χ3v) is 2.40. The van der Waals surface area contributed by atoms with Gasteiger partial charge in [0.05, 0.1) is 13.2 Å². The van der Waals surface area contributed by atoms with Crippen molar-refractivity contribution >= 4 is 0 Å². The summed E-state index contributed by atoms with van der Waals surface area (Å²) >= 11 is 0. The highest BCUT2D eigenvalue weighted by Gasteiger charge is 1.97. The number of aromatic nitrogens is 1. The van der Waals surface area contributed by atoms with Crippen molar-refractivity contribution in [3.8, 4) is 11.5 Å². The lowest BCUT2D eigenvalue weighted by Gasteiger charge is -2.09. The Morgan fingerprint density at radius 1 is 1.00 bits per heavy atom. The molecule has 0 atom stereocenters. The number of benzene rings is 1. The van der Waals surface area contributed by atoms with E-state index in [4.69, 9.17) is 9.47 Å². The molecule has 1 aromatic carbocycles. The van der Waals surface area contributed by atoms with Gasteiger partial charge in [-0.1, -0.05) is 6.07 Å².